The molecule has 160 valence electrons. The van der Waals surface area contributed by atoms with E-state index in [4.69, 9.17) is 0 Å². The van der Waals surface area contributed by atoms with Crippen LogP contribution in [-0.4, -0.2) is 0 Å². The highest BCUT2D eigenvalue weighted by molar-refractivity contribution is 6.35. The van der Waals surface area contributed by atoms with E-state index in [-0.39, 0.29) is 0 Å². The van der Waals surface area contributed by atoms with Crippen molar-refractivity contribution in [2.24, 2.45) is 0 Å². The fraction of sp³-hybridized carbons (Fsp3) is 0.0303. The summed E-state index contributed by atoms with van der Waals surface area (Å²) in [5, 5.41) is 10.6. The van der Waals surface area contributed by atoms with Gasteiger partial charge in [0.2, 0.25) is 0 Å². The normalized spacial score (nSPS) is 11.7. The van der Waals surface area contributed by atoms with E-state index in [9.17, 15) is 0 Å². The van der Waals surface area contributed by atoms with E-state index in [1.807, 2.05) is 0 Å². The van der Waals surface area contributed by atoms with E-state index < -0.39 is 0 Å². The molecular formula is C33H23N. The Morgan fingerprint density at radius 1 is 0.412 bits per heavy atom. The van der Waals surface area contributed by atoms with Crippen molar-refractivity contribution in [3.05, 3.63) is 127 Å². The lowest BCUT2D eigenvalue weighted by atomic mass is 9.87. The number of hydrogen-bond acceptors (Lipinski definition) is 1. The minimum Gasteiger partial charge on any atom is -0.310 e. The molecule has 0 N–H and O–H groups in total. The molecule has 0 aromatic heterocycles. The van der Waals surface area contributed by atoms with Gasteiger partial charge in [-0.3, -0.25) is 0 Å². The molecule has 1 heteroatoms. The molecular weight excluding hydrogens is 410 g/mol. The Kier molecular flexibility index (Phi) is 4.13. The van der Waals surface area contributed by atoms with Crippen molar-refractivity contribution in [3.8, 4) is 0 Å². The molecule has 0 unspecified atom stereocenters. The average Bonchev–Trinajstić information content (AvgIpc) is 2.90. The Labute approximate surface area is 198 Å². The summed E-state index contributed by atoms with van der Waals surface area (Å²) in [6.07, 6.45) is 0. The van der Waals surface area contributed by atoms with Crippen molar-refractivity contribution >= 4 is 60.2 Å². The lowest BCUT2D eigenvalue weighted by Crippen LogP contribution is -2.10. The maximum atomic E-state index is 2.38. The molecule has 0 fully saturated rings. The zero-order valence-corrected chi connectivity index (χ0v) is 19.0. The van der Waals surface area contributed by atoms with Crippen LogP contribution in [0.25, 0.3) is 43.1 Å². The second kappa shape index (κ2) is 7.33. The molecule has 34 heavy (non-hydrogen) atoms. The monoisotopic (exact) mass is 433 g/mol. The molecule has 0 saturated carbocycles. The molecule has 0 aliphatic rings. The van der Waals surface area contributed by atoms with Crippen molar-refractivity contribution in [2.45, 2.75) is 6.92 Å². The minimum atomic E-state index is 1.16. The van der Waals surface area contributed by atoms with Crippen LogP contribution in [0.1, 0.15) is 5.56 Å². The SMILES string of the molecule is Cc1ccc2ccc3c(N(c4ccccc4)c4ccccc4)ccc4c5ccccc5c1c2c34. The minimum absolute atomic E-state index is 1.16. The smallest absolute Gasteiger partial charge is 0.0540 e. The van der Waals surface area contributed by atoms with Gasteiger partial charge in [0.1, 0.15) is 0 Å². The Morgan fingerprint density at radius 2 is 0.971 bits per heavy atom. The van der Waals surface area contributed by atoms with Gasteiger partial charge in [-0.15, -0.1) is 0 Å². The van der Waals surface area contributed by atoms with E-state index in [1.54, 1.807) is 0 Å². The first-order chi connectivity index (χ1) is 16.8. The van der Waals surface area contributed by atoms with Gasteiger partial charge in [-0.1, -0.05) is 91.0 Å². The van der Waals surface area contributed by atoms with Crippen molar-refractivity contribution in [1.82, 2.24) is 0 Å². The first-order valence-electron chi connectivity index (χ1n) is 11.8. The lowest BCUT2D eigenvalue weighted by molar-refractivity contribution is 1.30. The molecule has 0 radical (unpaired) electrons. The van der Waals surface area contributed by atoms with Crippen LogP contribution in [0.3, 0.4) is 0 Å². The second-order valence-electron chi connectivity index (χ2n) is 9.03. The van der Waals surface area contributed by atoms with Gasteiger partial charge in [0.25, 0.3) is 0 Å². The first kappa shape index (κ1) is 19.1. The highest BCUT2D eigenvalue weighted by atomic mass is 15.1. The largest absolute Gasteiger partial charge is 0.310 e. The quantitative estimate of drug-likeness (QED) is 0.198. The average molecular weight is 434 g/mol. The zero-order valence-electron chi connectivity index (χ0n) is 19.0. The highest BCUT2D eigenvalue weighted by Gasteiger charge is 2.20. The number of hydrogen-bond donors (Lipinski definition) is 0. The van der Waals surface area contributed by atoms with E-state index in [0.29, 0.717) is 0 Å². The molecule has 1 nitrogen and oxygen atoms in total. The number of nitrogens with zero attached hydrogens (tertiary/aromatic N) is 1. The number of benzene rings is 7. The van der Waals surface area contributed by atoms with Gasteiger partial charge >= 0.3 is 0 Å². The van der Waals surface area contributed by atoms with Crippen LogP contribution >= 0.6 is 0 Å². The molecule has 0 heterocycles. The number of fused-ring (bicyclic) bond motifs is 3. The van der Waals surface area contributed by atoms with Gasteiger partial charge in [-0.05, 0) is 75.1 Å². The fourth-order valence-corrected chi connectivity index (χ4v) is 5.63. The summed E-state index contributed by atoms with van der Waals surface area (Å²) in [5.41, 5.74) is 4.84. The van der Waals surface area contributed by atoms with E-state index >= 15 is 0 Å². The summed E-state index contributed by atoms with van der Waals surface area (Å²) >= 11 is 0. The fourth-order valence-electron chi connectivity index (χ4n) is 5.63. The topological polar surface area (TPSA) is 3.24 Å². The third kappa shape index (κ3) is 2.67. The van der Waals surface area contributed by atoms with Gasteiger partial charge < -0.3 is 4.90 Å². The van der Waals surface area contributed by atoms with Crippen LogP contribution in [0.4, 0.5) is 17.1 Å². The highest BCUT2D eigenvalue weighted by Crippen LogP contribution is 2.46. The Morgan fingerprint density at radius 3 is 1.68 bits per heavy atom. The van der Waals surface area contributed by atoms with E-state index in [2.05, 4.69) is 133 Å². The third-order valence-electron chi connectivity index (χ3n) is 7.10. The third-order valence-corrected chi connectivity index (χ3v) is 7.10. The molecule has 0 amide bonds. The van der Waals surface area contributed by atoms with Crippen molar-refractivity contribution < 1.29 is 0 Å². The maximum Gasteiger partial charge on any atom is 0.0540 e. The van der Waals surface area contributed by atoms with Crippen molar-refractivity contribution in [3.63, 3.8) is 0 Å². The summed E-state index contributed by atoms with van der Waals surface area (Å²) in [4.78, 5) is 2.38. The molecule has 7 aromatic carbocycles. The van der Waals surface area contributed by atoms with Gasteiger partial charge in [0.15, 0.2) is 0 Å². The Bertz CT molecular complexity index is 1760. The number of aryl methyl sites for hydroxylation is 1. The molecule has 7 aromatic rings. The molecule has 0 aliphatic carbocycles. The Hall–Kier alpha value is -4.36. The summed E-state index contributed by atoms with van der Waals surface area (Å²) in [6.45, 7) is 2.24. The predicted octanol–water partition coefficient (Wildman–Crippen LogP) is 9.52. The van der Waals surface area contributed by atoms with Crippen LogP contribution < -0.4 is 4.90 Å². The molecule has 0 atom stereocenters. The van der Waals surface area contributed by atoms with Crippen molar-refractivity contribution in [1.29, 1.82) is 0 Å². The summed E-state index contributed by atoms with van der Waals surface area (Å²) in [7, 11) is 0. The molecule has 7 rings (SSSR count). The van der Waals surface area contributed by atoms with Crippen molar-refractivity contribution in [2.75, 3.05) is 4.90 Å². The van der Waals surface area contributed by atoms with E-state index in [0.717, 1.165) is 11.4 Å². The zero-order chi connectivity index (χ0) is 22.6. The lowest BCUT2D eigenvalue weighted by Gasteiger charge is -2.28. The van der Waals surface area contributed by atoms with Crippen LogP contribution in [0.5, 0.6) is 0 Å². The van der Waals surface area contributed by atoms with Gasteiger partial charge in [-0.2, -0.15) is 0 Å². The van der Waals surface area contributed by atoms with Gasteiger partial charge in [0, 0.05) is 22.1 Å². The van der Waals surface area contributed by atoms with Crippen LogP contribution in [0.2, 0.25) is 0 Å². The van der Waals surface area contributed by atoms with Gasteiger partial charge in [-0.25, -0.2) is 0 Å². The van der Waals surface area contributed by atoms with Gasteiger partial charge in [0.05, 0.1) is 5.69 Å². The summed E-state index contributed by atoms with van der Waals surface area (Å²) in [5.74, 6) is 0. The summed E-state index contributed by atoms with van der Waals surface area (Å²) < 4.78 is 0. The summed E-state index contributed by atoms with van der Waals surface area (Å²) in [6, 6.07) is 43.9. The second-order valence-corrected chi connectivity index (χ2v) is 9.03. The Balaban J connectivity index is 1.67. The molecule has 0 aliphatic heterocycles. The first-order valence-corrected chi connectivity index (χ1v) is 11.8. The predicted molar refractivity (Wildman–Crippen MR) is 147 cm³/mol. The van der Waals surface area contributed by atoms with E-state index in [1.165, 1.54) is 54.3 Å². The van der Waals surface area contributed by atoms with Crippen LogP contribution in [0, 0.1) is 6.92 Å². The van der Waals surface area contributed by atoms with Crippen LogP contribution in [0.15, 0.2) is 121 Å². The van der Waals surface area contributed by atoms with Crippen LogP contribution in [-0.2, 0) is 0 Å². The number of para-hydroxylation sites is 2. The standard InChI is InChI=1S/C33H23N/c1-22-16-17-23-18-19-29-30(34(24-10-4-2-5-11-24)25-12-6-3-7-13-25)21-20-28-26-14-8-9-15-27(26)31(22)32(23)33(28)29/h2-21H,1H3. The molecule has 0 spiro atoms. The maximum absolute atomic E-state index is 2.38. The number of rotatable bonds is 3. The number of anilines is 3. The molecule has 0 saturated heterocycles. The molecule has 0 bridgehead atoms.